The number of pyridine rings is 2. The van der Waals surface area contributed by atoms with Crippen LogP contribution in [0.5, 0.6) is 0 Å². The molecule has 3 aromatic rings. The van der Waals surface area contributed by atoms with E-state index in [2.05, 4.69) is 16.5 Å². The smallest absolute Gasteiger partial charge is 0.236 e. The Labute approximate surface area is 350 Å². The van der Waals surface area contributed by atoms with Crippen LogP contribution in [0.1, 0.15) is 54.1 Å². The average Bonchev–Trinajstić information content (AvgIpc) is 3.96. The van der Waals surface area contributed by atoms with E-state index in [1.54, 1.807) is 36.7 Å². The number of Topliss-reactive ketones (excluding diaryl/α,β-unsaturated/α-hetero) is 1. The minimum absolute atomic E-state index is 0.00616. The number of aryl methyl sites for hydroxylation is 1. The molecule has 2 aromatic heterocycles. The Kier molecular flexibility index (Phi) is 14.0. The topological polar surface area (TPSA) is 155 Å². The van der Waals surface area contributed by atoms with Gasteiger partial charge in [0.15, 0.2) is 5.78 Å². The number of benzene rings is 1. The van der Waals surface area contributed by atoms with Gasteiger partial charge < -0.3 is 18.9 Å². The number of carbonyl (C=O) groups is 5. The van der Waals surface area contributed by atoms with Crippen molar-refractivity contribution in [1.29, 1.82) is 0 Å². The van der Waals surface area contributed by atoms with Crippen LogP contribution < -0.4 is 0 Å². The molecule has 4 aliphatic heterocycles. The standard InChI is InChI=1S/C47H52N4O9/c1-4-6-22-50-45(54)42-37(15-14-31-11-8-7-9-12-31)60-39(43(42)46(50)55)17-16-38-41-40(36(5-2)59-38)44(53)51(47(41)56)23-25-58-27-26-57-24-10-13-35(52)32-19-21-49-34(29-32)33-28-30(3)18-20-48-33/h5,7-9,11-12,14-21,28-29,36-43H,2,4,6,10,13,22-27H2,1,3H3/b15-14+,17-16-. The first-order valence-electron chi connectivity index (χ1n) is 20.8. The first-order chi connectivity index (χ1) is 29.2. The van der Waals surface area contributed by atoms with Crippen LogP contribution in [-0.4, -0.2) is 113 Å². The summed E-state index contributed by atoms with van der Waals surface area (Å²) in [6, 6.07) is 17.0. The van der Waals surface area contributed by atoms with Gasteiger partial charge in [0.05, 0.1) is 85.8 Å². The van der Waals surface area contributed by atoms with E-state index >= 15 is 0 Å². The maximum absolute atomic E-state index is 13.8. The fourth-order valence-corrected chi connectivity index (χ4v) is 8.45. The Morgan fingerprint density at radius 1 is 0.700 bits per heavy atom. The molecule has 0 N–H and O–H groups in total. The summed E-state index contributed by atoms with van der Waals surface area (Å²) in [5, 5.41) is 0. The molecule has 6 heterocycles. The van der Waals surface area contributed by atoms with Gasteiger partial charge in [-0.15, -0.1) is 6.58 Å². The van der Waals surface area contributed by atoms with Crippen LogP contribution in [0.4, 0.5) is 0 Å². The van der Waals surface area contributed by atoms with Crippen molar-refractivity contribution in [3.8, 4) is 11.4 Å². The molecule has 13 nitrogen and oxygen atoms in total. The molecular formula is C47H52N4O9. The highest BCUT2D eigenvalue weighted by molar-refractivity contribution is 6.07. The summed E-state index contributed by atoms with van der Waals surface area (Å²) in [5.74, 6) is -4.13. The second-order valence-electron chi connectivity index (χ2n) is 15.5. The van der Waals surface area contributed by atoms with Crippen LogP contribution in [-0.2, 0) is 38.1 Å². The monoisotopic (exact) mass is 816 g/mol. The minimum atomic E-state index is -0.784. The Balaban J connectivity index is 0.885. The molecule has 8 unspecified atom stereocenters. The van der Waals surface area contributed by atoms with Crippen LogP contribution in [0.2, 0.25) is 0 Å². The first-order valence-corrected chi connectivity index (χ1v) is 20.8. The molecule has 0 bridgehead atoms. The van der Waals surface area contributed by atoms with Crippen LogP contribution in [0.25, 0.3) is 17.5 Å². The number of likely N-dealkylation sites (tertiary alicyclic amines) is 2. The molecular weight excluding hydrogens is 765 g/mol. The van der Waals surface area contributed by atoms with Gasteiger partial charge in [0, 0.05) is 37.5 Å². The Morgan fingerprint density at radius 2 is 1.27 bits per heavy atom. The third-order valence-electron chi connectivity index (χ3n) is 11.5. The Hall–Kier alpha value is -5.47. The van der Waals surface area contributed by atoms with Crippen molar-refractivity contribution in [2.24, 2.45) is 23.7 Å². The molecule has 7 rings (SSSR count). The zero-order chi connectivity index (χ0) is 42.2. The number of ketones is 1. The molecule has 314 valence electrons. The predicted molar refractivity (Wildman–Crippen MR) is 222 cm³/mol. The molecule has 4 aliphatic rings. The van der Waals surface area contributed by atoms with Crippen molar-refractivity contribution < 1.29 is 42.9 Å². The second kappa shape index (κ2) is 19.7. The highest BCUT2D eigenvalue weighted by Gasteiger charge is 2.60. The number of amides is 4. The molecule has 13 heteroatoms. The fourth-order valence-electron chi connectivity index (χ4n) is 8.45. The number of carbonyl (C=O) groups excluding carboxylic acids is 5. The molecule has 4 fully saturated rings. The van der Waals surface area contributed by atoms with Gasteiger partial charge in [-0.2, -0.15) is 0 Å². The predicted octanol–water partition coefficient (Wildman–Crippen LogP) is 5.44. The summed E-state index contributed by atoms with van der Waals surface area (Å²) in [4.78, 5) is 78.7. The number of hydrogen-bond donors (Lipinski definition) is 0. The van der Waals surface area contributed by atoms with Crippen LogP contribution in [0.15, 0.2) is 97.9 Å². The highest BCUT2D eigenvalue weighted by atomic mass is 16.5. The average molecular weight is 817 g/mol. The number of fused-ring (bicyclic) bond motifs is 2. The Bertz CT molecular complexity index is 2120. The number of unbranched alkanes of at least 4 members (excludes halogenated alkanes) is 1. The lowest BCUT2D eigenvalue weighted by Crippen LogP contribution is -2.38. The summed E-state index contributed by atoms with van der Waals surface area (Å²) >= 11 is 0. The van der Waals surface area contributed by atoms with E-state index in [9.17, 15) is 24.0 Å². The van der Waals surface area contributed by atoms with E-state index in [0.717, 1.165) is 17.5 Å². The van der Waals surface area contributed by atoms with Gasteiger partial charge >= 0.3 is 0 Å². The van der Waals surface area contributed by atoms with Gasteiger partial charge in [0.25, 0.3) is 0 Å². The van der Waals surface area contributed by atoms with Gasteiger partial charge in [-0.1, -0.05) is 74.1 Å². The maximum atomic E-state index is 13.8. The van der Waals surface area contributed by atoms with Crippen molar-refractivity contribution in [1.82, 2.24) is 19.8 Å². The summed E-state index contributed by atoms with van der Waals surface area (Å²) in [5.41, 5.74) is 3.94. The van der Waals surface area contributed by atoms with E-state index in [4.69, 9.17) is 18.9 Å². The van der Waals surface area contributed by atoms with Gasteiger partial charge in [-0.05, 0) is 55.2 Å². The van der Waals surface area contributed by atoms with E-state index in [1.165, 1.54) is 15.9 Å². The minimum Gasteiger partial charge on any atom is -0.379 e. The van der Waals surface area contributed by atoms with Crippen molar-refractivity contribution in [3.05, 3.63) is 115 Å². The summed E-state index contributed by atoms with van der Waals surface area (Å²) in [7, 11) is 0. The van der Waals surface area contributed by atoms with Crippen LogP contribution >= 0.6 is 0 Å². The van der Waals surface area contributed by atoms with Crippen molar-refractivity contribution in [2.45, 2.75) is 63.9 Å². The number of aromatic nitrogens is 2. The lowest BCUT2D eigenvalue weighted by molar-refractivity contribution is -0.145. The van der Waals surface area contributed by atoms with Gasteiger partial charge in [-0.3, -0.25) is 43.7 Å². The molecule has 4 saturated heterocycles. The van der Waals surface area contributed by atoms with E-state index in [1.807, 2.05) is 68.5 Å². The van der Waals surface area contributed by atoms with Crippen molar-refractivity contribution in [2.75, 3.05) is 39.5 Å². The molecule has 8 atom stereocenters. The molecule has 1 aromatic carbocycles. The number of nitrogens with zero attached hydrogens (tertiary/aromatic N) is 4. The molecule has 0 radical (unpaired) electrons. The quantitative estimate of drug-likeness (QED) is 0.0620. The van der Waals surface area contributed by atoms with E-state index in [0.29, 0.717) is 49.4 Å². The zero-order valence-corrected chi connectivity index (χ0v) is 34.1. The third-order valence-corrected chi connectivity index (χ3v) is 11.5. The fraction of sp³-hybridized carbons (Fsp3) is 0.426. The number of ether oxygens (including phenoxy) is 4. The zero-order valence-electron chi connectivity index (χ0n) is 34.1. The third kappa shape index (κ3) is 9.29. The van der Waals surface area contributed by atoms with Crippen molar-refractivity contribution in [3.63, 3.8) is 0 Å². The van der Waals surface area contributed by atoms with Gasteiger partial charge in [0.1, 0.15) is 0 Å². The largest absolute Gasteiger partial charge is 0.379 e. The summed E-state index contributed by atoms with van der Waals surface area (Å²) in [6.07, 6.45) is 11.6. The first kappa shape index (κ1) is 42.6. The maximum Gasteiger partial charge on any atom is 0.236 e. The normalized spacial score (nSPS) is 26.2. The van der Waals surface area contributed by atoms with E-state index in [-0.39, 0.29) is 55.8 Å². The van der Waals surface area contributed by atoms with Gasteiger partial charge in [-0.25, -0.2) is 0 Å². The SMILES string of the molecule is C=CC1OC(/C=C\C2OC(/C=C/c3ccccc3)C3C(=O)N(CCCC)C(=O)C23)C2C(=O)N(CCOCCOCCCC(=O)c3ccnc(-c4cc(C)ccn4)c3)C(=O)C12. The summed E-state index contributed by atoms with van der Waals surface area (Å²) < 4.78 is 23.9. The number of rotatable bonds is 20. The second-order valence-corrected chi connectivity index (χ2v) is 15.5. The van der Waals surface area contributed by atoms with Crippen molar-refractivity contribution >= 4 is 35.5 Å². The summed E-state index contributed by atoms with van der Waals surface area (Å²) in [6.45, 7) is 9.31. The molecule has 0 spiro atoms. The lowest BCUT2D eigenvalue weighted by atomic mass is 9.87. The number of hydrogen-bond acceptors (Lipinski definition) is 11. The van der Waals surface area contributed by atoms with Crippen LogP contribution in [0, 0.1) is 30.6 Å². The van der Waals surface area contributed by atoms with Gasteiger partial charge in [0.2, 0.25) is 23.6 Å². The Morgan fingerprint density at radius 3 is 1.90 bits per heavy atom. The lowest BCUT2D eigenvalue weighted by Gasteiger charge is -2.21. The molecule has 0 aliphatic carbocycles. The molecule has 0 saturated carbocycles. The molecule has 60 heavy (non-hydrogen) atoms. The molecule has 4 amide bonds. The van der Waals surface area contributed by atoms with E-state index < -0.39 is 48.1 Å². The van der Waals surface area contributed by atoms with Crippen LogP contribution in [0.3, 0.4) is 0 Å². The number of imide groups is 2. The highest BCUT2D eigenvalue weighted by Crippen LogP contribution is 2.44.